The molecule has 0 amide bonds. The summed E-state index contributed by atoms with van der Waals surface area (Å²) in [7, 11) is 1.58. The first-order valence-corrected chi connectivity index (χ1v) is 10.8. The van der Waals surface area contributed by atoms with Crippen LogP contribution in [0.4, 0.5) is 0 Å². The predicted molar refractivity (Wildman–Crippen MR) is 99.6 cm³/mol. The Hall–Kier alpha value is -1.53. The van der Waals surface area contributed by atoms with Crippen LogP contribution >= 0.6 is 0 Å². The van der Waals surface area contributed by atoms with Crippen molar-refractivity contribution in [1.82, 2.24) is 4.90 Å². The fourth-order valence-electron chi connectivity index (χ4n) is 7.64. The van der Waals surface area contributed by atoms with Crippen LogP contribution in [0.15, 0.2) is 22.9 Å². The third kappa shape index (κ3) is 1.65. The molecule has 0 radical (unpaired) electrons. The summed E-state index contributed by atoms with van der Waals surface area (Å²) < 4.78 is 24.7. The van der Waals surface area contributed by atoms with E-state index >= 15 is 0 Å². The molecule has 0 aromatic heterocycles. The van der Waals surface area contributed by atoms with E-state index in [0.717, 1.165) is 25.1 Å². The number of carbonyl (C=O) groups excluding carboxylic acids is 1. The number of esters is 1. The first-order chi connectivity index (χ1) is 13.5. The maximum atomic E-state index is 12.2. The van der Waals surface area contributed by atoms with Gasteiger partial charge in [-0.2, -0.15) is 0 Å². The molecule has 5 bridgehead atoms. The molecule has 6 aliphatic rings. The van der Waals surface area contributed by atoms with Crippen LogP contribution in [-0.4, -0.2) is 48.0 Å². The maximum absolute atomic E-state index is 12.2. The smallest absolute Gasteiger partial charge is 0.343 e. The Morgan fingerprint density at radius 1 is 1.36 bits per heavy atom. The van der Waals surface area contributed by atoms with Gasteiger partial charge in [0.2, 0.25) is 11.5 Å². The Morgan fingerprint density at radius 2 is 2.18 bits per heavy atom. The number of allylic oxidation sites excluding steroid dienone is 1. The van der Waals surface area contributed by atoms with E-state index in [0.29, 0.717) is 29.1 Å². The molecule has 6 heterocycles. The summed E-state index contributed by atoms with van der Waals surface area (Å²) in [6, 6.07) is 0.496. The molecule has 0 aliphatic carbocycles. The molecule has 8 atom stereocenters. The SMILES string of the molecule is CCCC[C@@]12[C@@H]3C[C@H]4[C@H]5[C@H](C)/C(=C6\OC(=O)C(C)=C6OC)O[C@]5(O3)[C@H]1CCN42. The molecule has 6 rings (SSSR count). The highest BCUT2D eigenvalue weighted by Crippen LogP contribution is 2.73. The summed E-state index contributed by atoms with van der Waals surface area (Å²) >= 11 is 0. The van der Waals surface area contributed by atoms with Gasteiger partial charge < -0.3 is 18.9 Å². The summed E-state index contributed by atoms with van der Waals surface area (Å²) in [5.74, 6) is 1.64. The Kier molecular flexibility index (Phi) is 3.30. The average Bonchev–Trinajstić information content (AvgIpc) is 3.38. The molecule has 28 heavy (non-hydrogen) atoms. The van der Waals surface area contributed by atoms with E-state index in [2.05, 4.69) is 18.7 Å². The van der Waals surface area contributed by atoms with Crippen LogP contribution in [0.25, 0.3) is 0 Å². The number of piperidine rings is 1. The zero-order chi connectivity index (χ0) is 19.4. The number of ether oxygens (including phenoxy) is 4. The number of hydrogen-bond acceptors (Lipinski definition) is 6. The minimum absolute atomic E-state index is 0.134. The normalized spacial score (nSPS) is 52.5. The lowest BCUT2D eigenvalue weighted by Gasteiger charge is -2.48. The summed E-state index contributed by atoms with van der Waals surface area (Å²) in [4.78, 5) is 14.9. The topological polar surface area (TPSA) is 57.2 Å². The molecule has 5 fully saturated rings. The van der Waals surface area contributed by atoms with Crippen LogP contribution in [0, 0.1) is 17.8 Å². The van der Waals surface area contributed by atoms with Gasteiger partial charge in [0.1, 0.15) is 5.76 Å². The monoisotopic (exact) mass is 387 g/mol. The molecule has 0 N–H and O–H groups in total. The molecule has 6 aliphatic heterocycles. The Labute approximate surface area is 165 Å². The van der Waals surface area contributed by atoms with E-state index in [-0.39, 0.29) is 29.4 Å². The largest absolute Gasteiger partial charge is 0.492 e. The molecule has 152 valence electrons. The van der Waals surface area contributed by atoms with Gasteiger partial charge in [-0.3, -0.25) is 4.90 Å². The molecule has 6 heteroatoms. The van der Waals surface area contributed by atoms with Crippen molar-refractivity contribution in [3.05, 3.63) is 22.9 Å². The molecular formula is C22H29NO5. The number of unbranched alkanes of at least 4 members (excludes halogenated alkanes) is 1. The lowest BCUT2D eigenvalue weighted by atomic mass is 9.69. The van der Waals surface area contributed by atoms with Crippen LogP contribution < -0.4 is 0 Å². The molecule has 0 saturated carbocycles. The van der Waals surface area contributed by atoms with Crippen molar-refractivity contribution in [2.75, 3.05) is 13.7 Å². The quantitative estimate of drug-likeness (QED) is 0.691. The third-order valence-electron chi connectivity index (χ3n) is 8.53. The second-order valence-corrected chi connectivity index (χ2v) is 9.42. The number of methoxy groups -OCH3 is 1. The van der Waals surface area contributed by atoms with E-state index in [1.165, 1.54) is 19.3 Å². The van der Waals surface area contributed by atoms with Gasteiger partial charge in [0.15, 0.2) is 5.76 Å². The fraction of sp³-hybridized carbons (Fsp3) is 0.773. The number of hydrogen-bond donors (Lipinski definition) is 0. The number of carbonyl (C=O) groups is 1. The van der Waals surface area contributed by atoms with Gasteiger partial charge in [-0.1, -0.05) is 26.7 Å². The summed E-state index contributed by atoms with van der Waals surface area (Å²) in [6.07, 6.45) is 6.15. The minimum atomic E-state index is -0.558. The van der Waals surface area contributed by atoms with E-state index < -0.39 is 5.79 Å². The van der Waals surface area contributed by atoms with E-state index in [1.54, 1.807) is 14.0 Å². The Balaban J connectivity index is 1.46. The second-order valence-electron chi connectivity index (χ2n) is 9.42. The zero-order valence-corrected chi connectivity index (χ0v) is 17.1. The van der Waals surface area contributed by atoms with E-state index in [1.807, 2.05) is 0 Å². The molecule has 5 saturated heterocycles. The predicted octanol–water partition coefficient (Wildman–Crippen LogP) is 3.09. The van der Waals surface area contributed by atoms with Gasteiger partial charge in [-0.15, -0.1) is 0 Å². The molecule has 1 spiro atoms. The van der Waals surface area contributed by atoms with Gasteiger partial charge in [-0.25, -0.2) is 4.79 Å². The van der Waals surface area contributed by atoms with Crippen LogP contribution in [0.3, 0.4) is 0 Å². The number of nitrogens with zero attached hydrogens (tertiary/aromatic N) is 1. The lowest BCUT2D eigenvalue weighted by molar-refractivity contribution is -0.256. The Bertz CT molecular complexity index is 833. The molecule has 0 aromatic rings. The minimum Gasteiger partial charge on any atom is -0.492 e. The summed E-state index contributed by atoms with van der Waals surface area (Å²) in [5, 5.41) is 0. The summed E-state index contributed by atoms with van der Waals surface area (Å²) in [5.41, 5.74) is 0.659. The average molecular weight is 387 g/mol. The van der Waals surface area contributed by atoms with Crippen LogP contribution in [-0.2, 0) is 23.7 Å². The van der Waals surface area contributed by atoms with Crippen molar-refractivity contribution < 1.29 is 23.7 Å². The number of cyclic esters (lactones) is 1. The van der Waals surface area contributed by atoms with Crippen molar-refractivity contribution in [3.8, 4) is 0 Å². The Morgan fingerprint density at radius 3 is 2.93 bits per heavy atom. The molecule has 0 aromatic carbocycles. The van der Waals surface area contributed by atoms with Gasteiger partial charge in [0.05, 0.1) is 30.2 Å². The highest BCUT2D eigenvalue weighted by Gasteiger charge is 2.84. The molecule has 6 nitrogen and oxygen atoms in total. The fourth-order valence-corrected chi connectivity index (χ4v) is 7.64. The first-order valence-electron chi connectivity index (χ1n) is 10.8. The number of fused-ring (bicyclic) bond motifs is 1. The van der Waals surface area contributed by atoms with Crippen molar-refractivity contribution in [3.63, 3.8) is 0 Å². The van der Waals surface area contributed by atoms with Gasteiger partial charge in [0.25, 0.3) is 0 Å². The van der Waals surface area contributed by atoms with Crippen molar-refractivity contribution >= 4 is 5.97 Å². The van der Waals surface area contributed by atoms with Crippen molar-refractivity contribution in [1.29, 1.82) is 0 Å². The van der Waals surface area contributed by atoms with Crippen LogP contribution in [0.5, 0.6) is 0 Å². The maximum Gasteiger partial charge on any atom is 0.343 e. The lowest BCUT2D eigenvalue weighted by Crippen LogP contribution is -2.61. The van der Waals surface area contributed by atoms with Crippen molar-refractivity contribution in [2.24, 2.45) is 17.8 Å². The van der Waals surface area contributed by atoms with Gasteiger partial charge in [0, 0.05) is 17.9 Å². The van der Waals surface area contributed by atoms with E-state index in [9.17, 15) is 4.79 Å². The van der Waals surface area contributed by atoms with Crippen LogP contribution in [0.1, 0.15) is 52.9 Å². The van der Waals surface area contributed by atoms with Gasteiger partial charge in [-0.05, 0) is 32.7 Å². The first kappa shape index (κ1) is 17.3. The molecule has 1 unspecified atom stereocenters. The van der Waals surface area contributed by atoms with Crippen molar-refractivity contribution in [2.45, 2.75) is 76.3 Å². The highest BCUT2D eigenvalue weighted by molar-refractivity contribution is 5.93. The van der Waals surface area contributed by atoms with Crippen LogP contribution in [0.2, 0.25) is 0 Å². The number of rotatable bonds is 4. The zero-order valence-electron chi connectivity index (χ0n) is 17.1. The summed E-state index contributed by atoms with van der Waals surface area (Å²) in [6.45, 7) is 7.37. The third-order valence-corrected chi connectivity index (χ3v) is 8.53. The standard InChI is InChI=1S/C22H29NO5/c1-5-6-8-21-14-7-9-23(21)13-10-15(21)27-22(14)16(13)11(2)18(28-22)19-17(25-4)12(3)20(24)26-19/h11,13-16H,5-10H2,1-4H3/b19-18+/t11-,13-,14-,15-,16+,21-,22+/m0/s1. The molecular weight excluding hydrogens is 358 g/mol. The second kappa shape index (κ2) is 5.33. The highest BCUT2D eigenvalue weighted by atomic mass is 16.7. The van der Waals surface area contributed by atoms with Gasteiger partial charge >= 0.3 is 5.97 Å². The van der Waals surface area contributed by atoms with E-state index in [4.69, 9.17) is 18.9 Å².